The van der Waals surface area contributed by atoms with E-state index in [2.05, 4.69) is 10.6 Å². The molecular weight excluding hydrogens is 312 g/mol. The van der Waals surface area contributed by atoms with Crippen molar-refractivity contribution in [3.05, 3.63) is 63.7 Å². The predicted molar refractivity (Wildman–Crippen MR) is 91.8 cm³/mol. The molecule has 1 aliphatic rings. The fourth-order valence-corrected chi connectivity index (χ4v) is 3.07. The third kappa shape index (κ3) is 4.24. The minimum absolute atomic E-state index is 0.197. The van der Waals surface area contributed by atoms with Crippen LogP contribution in [0.15, 0.2) is 36.4 Å². The highest BCUT2D eigenvalue weighted by atomic mass is 35.5. The molecule has 1 heterocycles. The van der Waals surface area contributed by atoms with Crippen molar-refractivity contribution in [2.45, 2.75) is 26.5 Å². The summed E-state index contributed by atoms with van der Waals surface area (Å²) >= 11 is 6.00. The summed E-state index contributed by atoms with van der Waals surface area (Å²) < 4.78 is 5.27. The quantitative estimate of drug-likeness (QED) is 0.893. The first-order valence-corrected chi connectivity index (χ1v) is 8.00. The molecule has 0 aliphatic carbocycles. The average molecular weight is 331 g/mol. The molecule has 0 saturated carbocycles. The number of aryl methyl sites for hydroxylation is 1. The van der Waals surface area contributed by atoms with Crippen LogP contribution in [0.4, 0.5) is 10.5 Å². The van der Waals surface area contributed by atoms with Gasteiger partial charge in [0.2, 0.25) is 0 Å². The first-order valence-electron chi connectivity index (χ1n) is 7.62. The van der Waals surface area contributed by atoms with Gasteiger partial charge in [0.15, 0.2) is 0 Å². The Bertz CT molecular complexity index is 711. The highest BCUT2D eigenvalue weighted by Gasteiger charge is 2.10. The zero-order valence-electron chi connectivity index (χ0n) is 13.0. The van der Waals surface area contributed by atoms with Crippen LogP contribution >= 0.6 is 11.6 Å². The molecule has 0 unspecified atom stereocenters. The lowest BCUT2D eigenvalue weighted by Crippen LogP contribution is -2.23. The molecule has 1 aliphatic heterocycles. The van der Waals surface area contributed by atoms with E-state index >= 15 is 0 Å². The van der Waals surface area contributed by atoms with Crippen molar-refractivity contribution in [3.8, 4) is 0 Å². The number of fused-ring (bicyclic) bond motifs is 1. The minimum atomic E-state index is -0.462. The molecular formula is C18H19ClN2O2. The number of hydrogen-bond donors (Lipinski definition) is 2. The number of halogens is 1. The van der Waals surface area contributed by atoms with Crippen LogP contribution in [0.2, 0.25) is 5.02 Å². The highest BCUT2D eigenvalue weighted by Crippen LogP contribution is 2.19. The van der Waals surface area contributed by atoms with Gasteiger partial charge < -0.3 is 10.1 Å². The molecule has 2 N–H and O–H groups in total. The summed E-state index contributed by atoms with van der Waals surface area (Å²) in [7, 11) is 0. The first-order chi connectivity index (χ1) is 11.1. The third-order valence-corrected chi connectivity index (χ3v) is 4.03. The second-order valence-corrected chi connectivity index (χ2v) is 6.18. The highest BCUT2D eigenvalue weighted by molar-refractivity contribution is 6.30. The molecule has 0 atom stereocenters. The average Bonchev–Trinajstić information content (AvgIpc) is 2.52. The number of hydrogen-bond acceptors (Lipinski definition) is 3. The van der Waals surface area contributed by atoms with E-state index in [1.807, 2.05) is 37.3 Å². The molecule has 4 nitrogen and oxygen atoms in total. The van der Waals surface area contributed by atoms with E-state index in [1.54, 1.807) is 6.07 Å². The van der Waals surface area contributed by atoms with Crippen LogP contribution in [0.5, 0.6) is 0 Å². The molecule has 0 radical (unpaired) electrons. The van der Waals surface area contributed by atoms with Gasteiger partial charge in [0, 0.05) is 17.3 Å². The maximum absolute atomic E-state index is 11.9. The van der Waals surface area contributed by atoms with Crippen LogP contribution in [0.1, 0.15) is 22.3 Å². The van der Waals surface area contributed by atoms with Gasteiger partial charge in [-0.15, -0.1) is 0 Å². The minimum Gasteiger partial charge on any atom is -0.444 e. The molecule has 3 rings (SSSR count). The van der Waals surface area contributed by atoms with Gasteiger partial charge in [-0.05, 0) is 66.4 Å². The number of carbonyl (C=O) groups excluding carboxylic acids is 1. The maximum Gasteiger partial charge on any atom is 0.411 e. The Kier molecular flexibility index (Phi) is 4.84. The zero-order valence-corrected chi connectivity index (χ0v) is 13.7. The van der Waals surface area contributed by atoms with Crippen molar-refractivity contribution in [2.24, 2.45) is 0 Å². The number of benzene rings is 2. The summed E-state index contributed by atoms with van der Waals surface area (Å²) in [4.78, 5) is 11.9. The van der Waals surface area contributed by atoms with Crippen molar-refractivity contribution in [2.75, 3.05) is 11.9 Å². The van der Waals surface area contributed by atoms with E-state index in [9.17, 15) is 4.79 Å². The Hall–Kier alpha value is -2.04. The molecule has 0 saturated heterocycles. The summed E-state index contributed by atoms with van der Waals surface area (Å²) in [6, 6.07) is 11.6. The molecule has 23 heavy (non-hydrogen) atoms. The van der Waals surface area contributed by atoms with Crippen LogP contribution in [0, 0.1) is 6.92 Å². The van der Waals surface area contributed by atoms with Crippen molar-refractivity contribution in [1.29, 1.82) is 0 Å². The SMILES string of the molecule is Cc1cc(Cl)cc(COC(=O)Nc2ccc3c(c2)CCNC3)c1. The van der Waals surface area contributed by atoms with Crippen LogP contribution in [-0.2, 0) is 24.3 Å². The van der Waals surface area contributed by atoms with Gasteiger partial charge >= 0.3 is 6.09 Å². The number of rotatable bonds is 3. The Labute approximate surface area is 140 Å². The van der Waals surface area contributed by atoms with Crippen LogP contribution in [0.25, 0.3) is 0 Å². The van der Waals surface area contributed by atoms with Crippen LogP contribution < -0.4 is 10.6 Å². The lowest BCUT2D eigenvalue weighted by Gasteiger charge is -2.18. The monoisotopic (exact) mass is 330 g/mol. The number of carbonyl (C=O) groups is 1. The number of anilines is 1. The molecule has 1 amide bonds. The summed E-state index contributed by atoms with van der Waals surface area (Å²) in [5, 5.41) is 6.75. The summed E-state index contributed by atoms with van der Waals surface area (Å²) in [6.07, 6.45) is 0.512. The molecule has 0 aromatic heterocycles. The van der Waals surface area contributed by atoms with E-state index in [0.717, 1.165) is 36.3 Å². The largest absolute Gasteiger partial charge is 0.444 e. The Morgan fingerprint density at radius 1 is 1.26 bits per heavy atom. The van der Waals surface area contributed by atoms with Gasteiger partial charge in [-0.1, -0.05) is 23.7 Å². The Morgan fingerprint density at radius 3 is 2.96 bits per heavy atom. The van der Waals surface area contributed by atoms with Gasteiger partial charge in [0.1, 0.15) is 6.61 Å². The maximum atomic E-state index is 11.9. The number of nitrogens with one attached hydrogen (secondary N) is 2. The van der Waals surface area contributed by atoms with E-state index in [0.29, 0.717) is 5.02 Å². The van der Waals surface area contributed by atoms with Gasteiger partial charge in [0.05, 0.1) is 0 Å². The molecule has 0 bridgehead atoms. The normalized spacial score (nSPS) is 13.3. The van der Waals surface area contributed by atoms with Crippen LogP contribution in [-0.4, -0.2) is 12.6 Å². The van der Waals surface area contributed by atoms with Crippen molar-refractivity contribution in [1.82, 2.24) is 5.32 Å². The smallest absolute Gasteiger partial charge is 0.411 e. The van der Waals surface area contributed by atoms with E-state index in [1.165, 1.54) is 11.1 Å². The summed E-state index contributed by atoms with van der Waals surface area (Å²) in [6.45, 7) is 4.00. The van der Waals surface area contributed by atoms with Crippen molar-refractivity contribution in [3.63, 3.8) is 0 Å². The molecule has 120 valence electrons. The lowest BCUT2D eigenvalue weighted by molar-refractivity contribution is 0.155. The number of ether oxygens (including phenoxy) is 1. The van der Waals surface area contributed by atoms with Gasteiger partial charge in [-0.2, -0.15) is 0 Å². The summed E-state index contributed by atoms with van der Waals surface area (Å²) in [5.41, 5.74) is 5.23. The van der Waals surface area contributed by atoms with Gasteiger partial charge in [-0.25, -0.2) is 4.79 Å². The van der Waals surface area contributed by atoms with Gasteiger partial charge in [-0.3, -0.25) is 5.32 Å². The third-order valence-electron chi connectivity index (χ3n) is 3.81. The number of amides is 1. The second-order valence-electron chi connectivity index (χ2n) is 5.75. The van der Waals surface area contributed by atoms with Crippen molar-refractivity contribution < 1.29 is 9.53 Å². The molecule has 5 heteroatoms. The zero-order chi connectivity index (χ0) is 16.2. The molecule has 2 aromatic rings. The van der Waals surface area contributed by atoms with E-state index in [4.69, 9.17) is 16.3 Å². The lowest BCUT2D eigenvalue weighted by atomic mass is 10.0. The standard InChI is InChI=1S/C18H19ClN2O2/c1-12-6-13(8-16(19)7-12)11-23-18(22)21-17-3-2-15-10-20-5-4-14(15)9-17/h2-3,6-9,20H,4-5,10-11H2,1H3,(H,21,22). The van der Waals surface area contributed by atoms with Crippen LogP contribution in [0.3, 0.4) is 0 Å². The van der Waals surface area contributed by atoms with E-state index < -0.39 is 6.09 Å². The van der Waals surface area contributed by atoms with Crippen molar-refractivity contribution >= 4 is 23.4 Å². The Morgan fingerprint density at radius 2 is 2.13 bits per heavy atom. The second kappa shape index (κ2) is 7.02. The van der Waals surface area contributed by atoms with Gasteiger partial charge in [0.25, 0.3) is 0 Å². The molecule has 2 aromatic carbocycles. The van der Waals surface area contributed by atoms with E-state index in [-0.39, 0.29) is 6.61 Å². The summed E-state index contributed by atoms with van der Waals surface area (Å²) in [5.74, 6) is 0. The fourth-order valence-electron chi connectivity index (χ4n) is 2.75. The fraction of sp³-hybridized carbons (Fsp3) is 0.278. The molecule has 0 fully saturated rings. The predicted octanol–water partition coefficient (Wildman–Crippen LogP) is 4.04. The molecule has 0 spiro atoms. The topological polar surface area (TPSA) is 50.4 Å². The Balaban J connectivity index is 1.59. The first kappa shape index (κ1) is 15.8.